The molecule has 1 unspecified atom stereocenters. The number of nitrogens with one attached hydrogen (secondary N) is 1. The van der Waals surface area contributed by atoms with Crippen molar-refractivity contribution in [2.24, 2.45) is 0 Å². The molecule has 12 heteroatoms. The molecule has 0 aliphatic carbocycles. The Kier molecular flexibility index (Phi) is 6.06. The van der Waals surface area contributed by atoms with E-state index in [1.54, 1.807) is 18.2 Å². The van der Waals surface area contributed by atoms with E-state index in [1.165, 1.54) is 30.7 Å². The van der Waals surface area contributed by atoms with Crippen molar-refractivity contribution < 1.29 is 41.0 Å². The number of nitrogens with zero attached hydrogens (tertiary/aromatic N) is 1. The van der Waals surface area contributed by atoms with Crippen molar-refractivity contribution >= 4 is 26.7 Å². The summed E-state index contributed by atoms with van der Waals surface area (Å²) in [4.78, 5) is 18.1. The molecule has 40 heavy (non-hydrogen) atoms. The summed E-state index contributed by atoms with van der Waals surface area (Å²) in [6.45, 7) is 0.193. The van der Waals surface area contributed by atoms with Gasteiger partial charge in [0.1, 0.15) is 35.1 Å². The van der Waals surface area contributed by atoms with Crippen molar-refractivity contribution in [3.63, 3.8) is 0 Å². The topological polar surface area (TPSA) is 132 Å². The second kappa shape index (κ2) is 9.49. The van der Waals surface area contributed by atoms with Crippen LogP contribution in [-0.2, 0) is 21.1 Å². The van der Waals surface area contributed by atoms with Gasteiger partial charge in [-0.2, -0.15) is 0 Å². The van der Waals surface area contributed by atoms with E-state index < -0.39 is 33.2 Å². The number of hydrogen-bond acceptors (Lipinski definition) is 7. The number of ether oxygens (including phenoxy) is 2. The maximum atomic E-state index is 15.0. The second-order valence-electron chi connectivity index (χ2n) is 9.32. The Morgan fingerprint density at radius 2 is 2.00 bits per heavy atom. The molecule has 2 N–H and O–H groups in total. The van der Waals surface area contributed by atoms with Gasteiger partial charge in [-0.15, -0.1) is 0 Å². The first kappa shape index (κ1) is 25.6. The third-order valence-electron chi connectivity index (χ3n) is 6.59. The Bertz CT molecular complexity index is 1910. The first-order valence-electron chi connectivity index (χ1n) is 12.0. The fraction of sp³-hybridized carbons (Fsp3) is 0.143. The van der Waals surface area contributed by atoms with Gasteiger partial charge in [-0.25, -0.2) is 22.2 Å². The van der Waals surface area contributed by atoms with Crippen LogP contribution in [0.25, 0.3) is 22.4 Å². The van der Waals surface area contributed by atoms with Crippen molar-refractivity contribution in [2.45, 2.75) is 17.2 Å². The minimum absolute atomic E-state index is 0.0392. The average Bonchev–Trinajstić information content (AvgIpc) is 3.64. The number of hydrogen-bond donors (Lipinski definition) is 2. The molecule has 1 atom stereocenters. The van der Waals surface area contributed by atoms with Gasteiger partial charge in [0.2, 0.25) is 5.89 Å². The number of oxazole rings is 1. The van der Waals surface area contributed by atoms with Crippen LogP contribution in [0, 0.1) is 11.6 Å². The van der Waals surface area contributed by atoms with E-state index >= 15 is 4.39 Å². The van der Waals surface area contributed by atoms with Gasteiger partial charge in [0, 0.05) is 40.5 Å². The molecule has 1 aliphatic heterocycles. The summed E-state index contributed by atoms with van der Waals surface area (Å²) >= 11 is 0. The van der Waals surface area contributed by atoms with E-state index in [9.17, 15) is 22.7 Å². The summed E-state index contributed by atoms with van der Waals surface area (Å²) in [5.74, 6) is -3.14. The Hall–Kier alpha value is -4.71. The number of fused-ring (bicyclic) bond motifs is 2. The van der Waals surface area contributed by atoms with Crippen LogP contribution in [0.5, 0.6) is 17.2 Å². The zero-order valence-corrected chi connectivity index (χ0v) is 21.6. The van der Waals surface area contributed by atoms with Crippen molar-refractivity contribution in [1.82, 2.24) is 9.97 Å². The van der Waals surface area contributed by atoms with E-state index in [1.807, 2.05) is 0 Å². The van der Waals surface area contributed by atoms with Crippen molar-refractivity contribution in [3.05, 3.63) is 89.4 Å². The normalized spacial score (nSPS) is 14.7. The fourth-order valence-corrected chi connectivity index (χ4v) is 5.92. The smallest absolute Gasteiger partial charge is 0.307 e. The van der Waals surface area contributed by atoms with Crippen LogP contribution in [0.3, 0.4) is 0 Å². The van der Waals surface area contributed by atoms with Gasteiger partial charge in [-0.1, -0.05) is 18.2 Å². The molecule has 6 rings (SSSR count). The maximum Gasteiger partial charge on any atom is 0.307 e. The lowest BCUT2D eigenvalue weighted by atomic mass is 9.96. The molecule has 2 aromatic heterocycles. The minimum atomic E-state index is -3.92. The molecule has 0 radical (unpaired) electrons. The number of benzene rings is 3. The summed E-state index contributed by atoms with van der Waals surface area (Å²) in [5, 5.41) is 9.43. The summed E-state index contributed by atoms with van der Waals surface area (Å²) in [6, 6.07) is 11.4. The average molecular weight is 567 g/mol. The molecule has 9 nitrogen and oxygen atoms in total. The molecule has 0 saturated carbocycles. The number of carbonyl (C=O) groups is 1. The molecule has 1 aliphatic rings. The van der Waals surface area contributed by atoms with Crippen LogP contribution >= 0.6 is 0 Å². The third-order valence-corrected chi connectivity index (χ3v) is 7.74. The molecule has 204 valence electrons. The van der Waals surface area contributed by atoms with Crippen molar-refractivity contribution in [3.8, 4) is 28.7 Å². The first-order valence-corrected chi connectivity index (χ1v) is 13.9. The summed E-state index contributed by atoms with van der Waals surface area (Å²) in [7, 11) is -3.92. The number of sulfone groups is 1. The zero-order valence-electron chi connectivity index (χ0n) is 20.8. The summed E-state index contributed by atoms with van der Waals surface area (Å²) in [5.41, 5.74) is 1.90. The number of aromatic amines is 1. The van der Waals surface area contributed by atoms with Gasteiger partial charge in [0.05, 0.1) is 23.6 Å². The van der Waals surface area contributed by atoms with Gasteiger partial charge < -0.3 is 24.0 Å². The molecule has 0 amide bonds. The van der Waals surface area contributed by atoms with Crippen LogP contribution in [0.4, 0.5) is 8.78 Å². The first-order chi connectivity index (χ1) is 19.1. The van der Waals surface area contributed by atoms with Gasteiger partial charge in [-0.3, -0.25) is 4.79 Å². The molecule has 0 bridgehead atoms. The van der Waals surface area contributed by atoms with Gasteiger partial charge in [0.25, 0.3) is 0 Å². The Balaban J connectivity index is 1.34. The predicted octanol–water partition coefficient (Wildman–Crippen LogP) is 5.45. The van der Waals surface area contributed by atoms with Crippen LogP contribution in [0.2, 0.25) is 0 Å². The molecular weight excluding hydrogens is 546 g/mol. The molecule has 0 spiro atoms. The summed E-state index contributed by atoms with van der Waals surface area (Å²) in [6.07, 6.45) is 3.59. The molecule has 3 heterocycles. The SMILES string of the molecule is CS(=O)(=O)c1c(Oc2ccc(F)c(-c3nc(C4COc5c(CC(=O)O)cccc54)co3)c2)c(F)cc2[nH]ccc12. The van der Waals surface area contributed by atoms with Crippen LogP contribution in [0.15, 0.2) is 70.3 Å². The largest absolute Gasteiger partial charge is 0.492 e. The number of carboxylic acid groups (broad SMARTS) is 1. The molecule has 3 aromatic carbocycles. The molecule has 0 saturated heterocycles. The Morgan fingerprint density at radius 3 is 2.77 bits per heavy atom. The maximum absolute atomic E-state index is 15.0. The molecular formula is C28H20F2N2O7S. The van der Waals surface area contributed by atoms with Crippen LogP contribution in [0.1, 0.15) is 22.7 Å². The Labute approximate surface area is 225 Å². The van der Waals surface area contributed by atoms with E-state index in [-0.39, 0.29) is 51.9 Å². The lowest BCUT2D eigenvalue weighted by Gasteiger charge is -2.13. The van der Waals surface area contributed by atoms with Gasteiger partial charge in [-0.05, 0) is 24.3 Å². The van der Waals surface area contributed by atoms with E-state index in [2.05, 4.69) is 9.97 Å². The third kappa shape index (κ3) is 4.45. The van der Waals surface area contributed by atoms with Crippen molar-refractivity contribution in [2.75, 3.05) is 12.9 Å². The van der Waals surface area contributed by atoms with Crippen LogP contribution in [-0.4, -0.2) is 42.3 Å². The highest BCUT2D eigenvalue weighted by molar-refractivity contribution is 7.91. The highest BCUT2D eigenvalue weighted by Gasteiger charge is 2.31. The standard InChI is InChI=1S/C28H20F2N2O7S/c1-40(35,36)27-17-7-8-31-22(17)11-21(30)26(27)39-15-5-6-20(29)18(10-15)28-32-23(13-38-28)19-12-37-25-14(9-24(33)34)3-2-4-16(19)25/h2-8,10-11,13,19,31H,9,12H2,1H3,(H,33,34). The zero-order chi connectivity index (χ0) is 28.2. The van der Waals surface area contributed by atoms with Gasteiger partial charge >= 0.3 is 5.97 Å². The molecule has 0 fully saturated rings. The van der Waals surface area contributed by atoms with E-state index in [0.717, 1.165) is 24.0 Å². The monoisotopic (exact) mass is 566 g/mol. The lowest BCUT2D eigenvalue weighted by molar-refractivity contribution is -0.136. The van der Waals surface area contributed by atoms with Gasteiger partial charge in [0.15, 0.2) is 21.4 Å². The highest BCUT2D eigenvalue weighted by Crippen LogP contribution is 2.42. The number of aromatic nitrogens is 2. The number of rotatable bonds is 7. The highest BCUT2D eigenvalue weighted by atomic mass is 32.2. The fourth-order valence-electron chi connectivity index (χ4n) is 4.86. The Morgan fingerprint density at radius 1 is 1.18 bits per heavy atom. The lowest BCUT2D eigenvalue weighted by Crippen LogP contribution is -2.04. The number of aliphatic carboxylic acids is 1. The summed E-state index contributed by atoms with van der Waals surface area (Å²) < 4.78 is 72.1. The second-order valence-corrected chi connectivity index (χ2v) is 11.3. The van der Waals surface area contributed by atoms with Crippen LogP contribution < -0.4 is 9.47 Å². The number of para-hydroxylation sites is 1. The number of H-pyrrole nitrogens is 1. The van der Waals surface area contributed by atoms with E-state index in [4.69, 9.17) is 13.9 Å². The number of halogens is 2. The quantitative estimate of drug-likeness (QED) is 0.266. The molecule has 5 aromatic rings. The predicted molar refractivity (Wildman–Crippen MR) is 138 cm³/mol. The van der Waals surface area contributed by atoms with Crippen molar-refractivity contribution in [1.29, 1.82) is 0 Å². The number of carboxylic acids is 1. The van der Waals surface area contributed by atoms with E-state index in [0.29, 0.717) is 17.0 Å². The minimum Gasteiger partial charge on any atom is -0.492 e.